The standard InChI is InChI=1S/C11H22BrNO2S/c1-10(2,3)7-8-16(14,15)13-11(9-12)5-4-6-11/h13H,4-9H2,1-3H3. The van der Waals surface area contributed by atoms with Crippen molar-refractivity contribution in [2.45, 2.75) is 52.0 Å². The molecule has 1 fully saturated rings. The van der Waals surface area contributed by atoms with Gasteiger partial charge in [-0.1, -0.05) is 36.7 Å². The molecular formula is C11H22BrNO2S. The van der Waals surface area contributed by atoms with Crippen molar-refractivity contribution in [2.24, 2.45) is 5.41 Å². The summed E-state index contributed by atoms with van der Waals surface area (Å²) in [6, 6.07) is 0. The van der Waals surface area contributed by atoms with E-state index in [1.165, 1.54) is 0 Å². The first-order valence-corrected chi connectivity index (χ1v) is 8.53. The predicted molar refractivity (Wildman–Crippen MR) is 71.4 cm³/mol. The van der Waals surface area contributed by atoms with Crippen LogP contribution in [0.3, 0.4) is 0 Å². The number of alkyl halides is 1. The van der Waals surface area contributed by atoms with E-state index < -0.39 is 10.0 Å². The van der Waals surface area contributed by atoms with E-state index in [4.69, 9.17) is 0 Å². The highest BCUT2D eigenvalue weighted by Gasteiger charge is 2.39. The Balaban J connectivity index is 2.52. The Labute approximate surface area is 108 Å². The fourth-order valence-corrected chi connectivity index (χ4v) is 4.49. The molecule has 0 aromatic carbocycles. The van der Waals surface area contributed by atoms with Crippen molar-refractivity contribution in [3.8, 4) is 0 Å². The Hall–Kier alpha value is 0.390. The van der Waals surface area contributed by atoms with Gasteiger partial charge in [0.15, 0.2) is 0 Å². The van der Waals surface area contributed by atoms with Crippen molar-refractivity contribution >= 4 is 26.0 Å². The van der Waals surface area contributed by atoms with E-state index in [0.717, 1.165) is 24.6 Å². The van der Waals surface area contributed by atoms with Gasteiger partial charge in [0.2, 0.25) is 10.0 Å². The molecule has 16 heavy (non-hydrogen) atoms. The van der Waals surface area contributed by atoms with Crippen LogP contribution in [0.25, 0.3) is 0 Å². The normalized spacial score (nSPS) is 20.5. The summed E-state index contributed by atoms with van der Waals surface area (Å²) in [4.78, 5) is 0. The Bertz CT molecular complexity index is 323. The Morgan fingerprint density at radius 3 is 2.19 bits per heavy atom. The van der Waals surface area contributed by atoms with E-state index in [1.54, 1.807) is 0 Å². The maximum absolute atomic E-state index is 11.9. The minimum atomic E-state index is -3.13. The van der Waals surface area contributed by atoms with E-state index >= 15 is 0 Å². The molecule has 1 rings (SSSR count). The van der Waals surface area contributed by atoms with Gasteiger partial charge in [0.25, 0.3) is 0 Å². The number of nitrogens with one attached hydrogen (secondary N) is 1. The molecule has 1 saturated carbocycles. The van der Waals surface area contributed by atoms with Gasteiger partial charge in [0, 0.05) is 10.9 Å². The summed E-state index contributed by atoms with van der Waals surface area (Å²) >= 11 is 3.40. The third-order valence-electron chi connectivity index (χ3n) is 3.06. The first kappa shape index (κ1) is 14.5. The number of rotatable bonds is 5. The average molecular weight is 312 g/mol. The van der Waals surface area contributed by atoms with Gasteiger partial charge in [-0.05, 0) is 31.1 Å². The lowest BCUT2D eigenvalue weighted by molar-refractivity contribution is 0.255. The van der Waals surface area contributed by atoms with Gasteiger partial charge < -0.3 is 0 Å². The monoisotopic (exact) mass is 311 g/mol. The molecule has 96 valence electrons. The predicted octanol–water partition coefficient (Wildman–Crippen LogP) is 2.66. The second-order valence-corrected chi connectivity index (χ2v) is 8.40. The molecule has 0 amide bonds. The number of hydrogen-bond acceptors (Lipinski definition) is 2. The van der Waals surface area contributed by atoms with Crippen molar-refractivity contribution in [1.29, 1.82) is 0 Å². The summed E-state index contributed by atoms with van der Waals surface area (Å²) < 4.78 is 26.7. The van der Waals surface area contributed by atoms with Crippen LogP contribution in [0.2, 0.25) is 0 Å². The summed E-state index contributed by atoms with van der Waals surface area (Å²) in [5, 5.41) is 0.717. The van der Waals surface area contributed by atoms with Crippen LogP contribution >= 0.6 is 15.9 Å². The fraction of sp³-hybridized carbons (Fsp3) is 1.00. The molecule has 0 saturated heterocycles. The SMILES string of the molecule is CC(C)(C)CCS(=O)(=O)NC1(CBr)CCC1. The number of halogens is 1. The third kappa shape index (κ3) is 4.34. The second kappa shape index (κ2) is 4.94. The largest absolute Gasteiger partial charge is 0.212 e. The van der Waals surface area contributed by atoms with E-state index in [0.29, 0.717) is 6.42 Å². The average Bonchev–Trinajstić information content (AvgIpc) is 2.08. The van der Waals surface area contributed by atoms with Gasteiger partial charge in [-0.25, -0.2) is 13.1 Å². The molecule has 0 radical (unpaired) electrons. The van der Waals surface area contributed by atoms with Crippen LogP contribution in [0.5, 0.6) is 0 Å². The van der Waals surface area contributed by atoms with Crippen LogP contribution in [0.4, 0.5) is 0 Å². The molecule has 0 spiro atoms. The Morgan fingerprint density at radius 1 is 1.31 bits per heavy atom. The molecule has 0 unspecified atom stereocenters. The lowest BCUT2D eigenvalue weighted by atomic mass is 9.80. The molecule has 0 atom stereocenters. The van der Waals surface area contributed by atoms with Crippen LogP contribution in [-0.2, 0) is 10.0 Å². The minimum absolute atomic E-state index is 0.0654. The smallest absolute Gasteiger partial charge is 0.212 e. The maximum Gasteiger partial charge on any atom is 0.212 e. The topological polar surface area (TPSA) is 46.2 Å². The highest BCUT2D eigenvalue weighted by atomic mass is 79.9. The molecule has 0 bridgehead atoms. The summed E-state index contributed by atoms with van der Waals surface area (Å²) in [5.74, 6) is 0.227. The molecule has 0 heterocycles. The molecule has 0 aromatic rings. The summed E-state index contributed by atoms with van der Waals surface area (Å²) in [6.45, 7) is 6.18. The minimum Gasteiger partial charge on any atom is -0.212 e. The van der Waals surface area contributed by atoms with Crippen LogP contribution in [0.1, 0.15) is 46.5 Å². The molecular weight excluding hydrogens is 290 g/mol. The van der Waals surface area contributed by atoms with Gasteiger partial charge in [-0.2, -0.15) is 0 Å². The van der Waals surface area contributed by atoms with E-state index in [2.05, 4.69) is 41.4 Å². The highest BCUT2D eigenvalue weighted by Crippen LogP contribution is 2.34. The van der Waals surface area contributed by atoms with E-state index in [1.807, 2.05) is 0 Å². The number of sulfonamides is 1. The lowest BCUT2D eigenvalue weighted by Crippen LogP contribution is -2.55. The zero-order valence-electron chi connectivity index (χ0n) is 10.3. The van der Waals surface area contributed by atoms with Crippen LogP contribution in [-0.4, -0.2) is 25.0 Å². The van der Waals surface area contributed by atoms with Gasteiger partial charge in [-0.15, -0.1) is 0 Å². The van der Waals surface area contributed by atoms with E-state index in [-0.39, 0.29) is 16.7 Å². The Kier molecular flexibility index (Phi) is 4.46. The zero-order chi connectivity index (χ0) is 12.4. The molecule has 3 nitrogen and oxygen atoms in total. The summed E-state index contributed by atoms with van der Waals surface area (Å²) in [5.41, 5.74) is -0.132. The van der Waals surface area contributed by atoms with Crippen molar-refractivity contribution in [2.75, 3.05) is 11.1 Å². The molecule has 1 aliphatic carbocycles. The third-order valence-corrected chi connectivity index (χ3v) is 5.62. The van der Waals surface area contributed by atoms with Crippen LogP contribution in [0.15, 0.2) is 0 Å². The second-order valence-electron chi connectivity index (χ2n) is 6.00. The maximum atomic E-state index is 11.9. The van der Waals surface area contributed by atoms with E-state index in [9.17, 15) is 8.42 Å². The molecule has 0 aromatic heterocycles. The highest BCUT2D eigenvalue weighted by molar-refractivity contribution is 9.09. The van der Waals surface area contributed by atoms with Crippen LogP contribution in [0, 0.1) is 5.41 Å². The zero-order valence-corrected chi connectivity index (χ0v) is 12.7. The van der Waals surface area contributed by atoms with Crippen molar-refractivity contribution in [3.05, 3.63) is 0 Å². The summed E-state index contributed by atoms with van der Waals surface area (Å²) in [7, 11) is -3.13. The first-order chi connectivity index (χ1) is 7.18. The van der Waals surface area contributed by atoms with Gasteiger partial charge >= 0.3 is 0 Å². The van der Waals surface area contributed by atoms with Gasteiger partial charge in [0.1, 0.15) is 0 Å². The quantitative estimate of drug-likeness (QED) is 0.793. The van der Waals surface area contributed by atoms with Crippen molar-refractivity contribution in [3.63, 3.8) is 0 Å². The summed E-state index contributed by atoms with van der Waals surface area (Å²) in [6.07, 6.45) is 3.72. The first-order valence-electron chi connectivity index (χ1n) is 5.76. The molecule has 1 N–H and O–H groups in total. The Morgan fingerprint density at radius 2 is 1.88 bits per heavy atom. The lowest BCUT2D eigenvalue weighted by Gasteiger charge is -2.40. The number of hydrogen-bond donors (Lipinski definition) is 1. The fourth-order valence-electron chi connectivity index (χ4n) is 1.69. The van der Waals surface area contributed by atoms with Crippen molar-refractivity contribution in [1.82, 2.24) is 4.72 Å². The molecule has 0 aliphatic heterocycles. The van der Waals surface area contributed by atoms with Gasteiger partial charge in [-0.3, -0.25) is 0 Å². The van der Waals surface area contributed by atoms with Crippen LogP contribution < -0.4 is 4.72 Å². The molecule has 5 heteroatoms. The molecule has 1 aliphatic rings. The van der Waals surface area contributed by atoms with Crippen molar-refractivity contribution < 1.29 is 8.42 Å². The van der Waals surface area contributed by atoms with Gasteiger partial charge in [0.05, 0.1) is 5.75 Å².